The molecule has 0 aliphatic carbocycles. The molecule has 1 aromatic rings. The van der Waals surface area contributed by atoms with Gasteiger partial charge in [0.25, 0.3) is 0 Å². The molecule has 106 valence electrons. The molecule has 1 atom stereocenters. The molecule has 0 saturated carbocycles. The minimum absolute atomic E-state index is 0.0393. The second kappa shape index (κ2) is 7.34. The van der Waals surface area contributed by atoms with Gasteiger partial charge in [-0.15, -0.1) is 0 Å². The van der Waals surface area contributed by atoms with Gasteiger partial charge in [-0.3, -0.25) is 4.79 Å². The van der Waals surface area contributed by atoms with E-state index in [1.165, 1.54) is 12.1 Å². The lowest BCUT2D eigenvalue weighted by Crippen LogP contribution is -2.38. The largest absolute Gasteiger partial charge is 0.374 e. The fraction of sp³-hybridized carbons (Fsp3) is 0.500. The zero-order chi connectivity index (χ0) is 14.4. The maximum Gasteiger partial charge on any atom is 0.242 e. The Hall–Kier alpha value is -1.29. The Morgan fingerprint density at radius 2 is 2.05 bits per heavy atom. The van der Waals surface area contributed by atoms with Crippen molar-refractivity contribution in [2.75, 3.05) is 11.9 Å². The summed E-state index contributed by atoms with van der Waals surface area (Å²) in [7, 11) is 0. The minimum Gasteiger partial charge on any atom is -0.374 e. The van der Waals surface area contributed by atoms with E-state index in [0.29, 0.717) is 18.2 Å². The summed E-state index contributed by atoms with van der Waals surface area (Å²) >= 11 is 5.68. The van der Waals surface area contributed by atoms with Gasteiger partial charge in [0.05, 0.1) is 5.02 Å². The number of benzene rings is 1. The molecule has 0 radical (unpaired) electrons. The smallest absolute Gasteiger partial charge is 0.242 e. The number of hydrogen-bond donors (Lipinski definition) is 2. The van der Waals surface area contributed by atoms with Crippen LogP contribution in [0, 0.1) is 11.7 Å². The zero-order valence-corrected chi connectivity index (χ0v) is 12.2. The van der Waals surface area contributed by atoms with Gasteiger partial charge in [-0.25, -0.2) is 4.39 Å². The molecule has 0 spiro atoms. The molecule has 1 aromatic carbocycles. The van der Waals surface area contributed by atoms with Crippen molar-refractivity contribution in [2.24, 2.45) is 5.92 Å². The van der Waals surface area contributed by atoms with Crippen LogP contribution in [0.2, 0.25) is 5.02 Å². The van der Waals surface area contributed by atoms with Crippen molar-refractivity contribution < 1.29 is 9.18 Å². The lowest BCUT2D eigenvalue weighted by Gasteiger charge is -2.16. The highest BCUT2D eigenvalue weighted by molar-refractivity contribution is 6.31. The van der Waals surface area contributed by atoms with E-state index in [4.69, 9.17) is 11.6 Å². The first-order valence-corrected chi connectivity index (χ1v) is 6.77. The van der Waals surface area contributed by atoms with Crippen molar-refractivity contribution in [1.82, 2.24) is 5.32 Å². The molecular formula is C14H20ClFN2O. The summed E-state index contributed by atoms with van der Waals surface area (Å²) in [6.45, 7) is 6.62. The van der Waals surface area contributed by atoms with E-state index in [-0.39, 0.29) is 10.9 Å². The molecule has 3 nitrogen and oxygen atoms in total. The van der Waals surface area contributed by atoms with Crippen LogP contribution in [-0.2, 0) is 4.79 Å². The first kappa shape index (κ1) is 15.8. The number of hydrogen-bond acceptors (Lipinski definition) is 2. The first-order chi connectivity index (χ1) is 8.90. The van der Waals surface area contributed by atoms with Crippen molar-refractivity contribution in [1.29, 1.82) is 0 Å². The molecule has 5 heteroatoms. The average molecular weight is 287 g/mol. The lowest BCUT2D eigenvalue weighted by atomic mass is 10.1. The Labute approximate surface area is 118 Å². The fourth-order valence-corrected chi connectivity index (χ4v) is 1.72. The van der Waals surface area contributed by atoms with Crippen LogP contribution in [0.5, 0.6) is 0 Å². The van der Waals surface area contributed by atoms with Crippen molar-refractivity contribution in [3.05, 3.63) is 29.0 Å². The molecule has 0 fully saturated rings. The van der Waals surface area contributed by atoms with Crippen LogP contribution in [-0.4, -0.2) is 18.5 Å². The number of carbonyl (C=O) groups is 1. The normalized spacial score (nSPS) is 12.3. The molecular weight excluding hydrogens is 267 g/mol. The van der Waals surface area contributed by atoms with Crippen molar-refractivity contribution in [3.8, 4) is 0 Å². The lowest BCUT2D eigenvalue weighted by molar-refractivity contribution is -0.121. The van der Waals surface area contributed by atoms with Crippen LogP contribution < -0.4 is 10.6 Å². The molecule has 1 unspecified atom stereocenters. The number of halogens is 2. The Kier molecular flexibility index (Phi) is 6.09. The van der Waals surface area contributed by atoms with Gasteiger partial charge < -0.3 is 10.6 Å². The van der Waals surface area contributed by atoms with Crippen LogP contribution in [0.15, 0.2) is 18.2 Å². The van der Waals surface area contributed by atoms with Gasteiger partial charge >= 0.3 is 0 Å². The van der Waals surface area contributed by atoms with E-state index >= 15 is 0 Å². The van der Waals surface area contributed by atoms with Gasteiger partial charge in [-0.1, -0.05) is 25.4 Å². The highest BCUT2D eigenvalue weighted by Crippen LogP contribution is 2.19. The molecule has 1 amide bonds. The average Bonchev–Trinajstić information content (AvgIpc) is 2.33. The third kappa shape index (κ3) is 5.47. The minimum atomic E-state index is -0.471. The standard InChI is InChI=1S/C14H20ClFN2O/c1-9(2)6-7-17-14(19)10(3)18-11-4-5-13(16)12(15)8-11/h4-5,8-10,18H,6-7H2,1-3H3,(H,17,19). The molecule has 0 saturated heterocycles. The highest BCUT2D eigenvalue weighted by atomic mass is 35.5. The molecule has 1 rings (SSSR count). The van der Waals surface area contributed by atoms with E-state index in [1.54, 1.807) is 13.0 Å². The third-order valence-electron chi connectivity index (χ3n) is 2.72. The van der Waals surface area contributed by atoms with Gasteiger partial charge in [0, 0.05) is 12.2 Å². The molecule has 19 heavy (non-hydrogen) atoms. The Balaban J connectivity index is 2.47. The van der Waals surface area contributed by atoms with Gasteiger partial charge in [-0.05, 0) is 37.5 Å². The topological polar surface area (TPSA) is 41.1 Å². The van der Waals surface area contributed by atoms with Gasteiger partial charge in [0.15, 0.2) is 0 Å². The SMILES string of the molecule is CC(C)CCNC(=O)C(C)Nc1ccc(F)c(Cl)c1. The summed E-state index contributed by atoms with van der Waals surface area (Å²) in [6.07, 6.45) is 0.945. The summed E-state index contributed by atoms with van der Waals surface area (Å²) in [5.74, 6) is 0.00169. The zero-order valence-electron chi connectivity index (χ0n) is 11.5. The van der Waals surface area contributed by atoms with Crippen LogP contribution in [0.1, 0.15) is 27.2 Å². The molecule has 0 aliphatic rings. The fourth-order valence-electron chi connectivity index (χ4n) is 1.54. The molecule has 0 heterocycles. The monoisotopic (exact) mass is 286 g/mol. The van der Waals surface area contributed by atoms with Gasteiger partial charge in [0.1, 0.15) is 11.9 Å². The van der Waals surface area contributed by atoms with Crippen molar-refractivity contribution >= 4 is 23.2 Å². The maximum absolute atomic E-state index is 13.0. The summed E-state index contributed by atoms with van der Waals surface area (Å²) in [4.78, 5) is 11.8. The van der Waals surface area contributed by atoms with Crippen LogP contribution in [0.3, 0.4) is 0 Å². The molecule has 0 aromatic heterocycles. The Bertz CT molecular complexity index is 437. The Morgan fingerprint density at radius 3 is 2.63 bits per heavy atom. The summed E-state index contributed by atoms with van der Waals surface area (Å²) in [5, 5.41) is 5.88. The van der Waals surface area contributed by atoms with Crippen LogP contribution >= 0.6 is 11.6 Å². The number of nitrogens with one attached hydrogen (secondary N) is 2. The second-order valence-electron chi connectivity index (χ2n) is 4.97. The van der Waals surface area contributed by atoms with Crippen molar-refractivity contribution in [3.63, 3.8) is 0 Å². The van der Waals surface area contributed by atoms with Crippen LogP contribution in [0.4, 0.5) is 10.1 Å². The van der Waals surface area contributed by atoms with Crippen molar-refractivity contribution in [2.45, 2.75) is 33.2 Å². The van der Waals surface area contributed by atoms with E-state index in [1.807, 2.05) is 0 Å². The number of carbonyl (C=O) groups excluding carboxylic acids is 1. The molecule has 0 aliphatic heterocycles. The highest BCUT2D eigenvalue weighted by Gasteiger charge is 2.12. The summed E-state index contributed by atoms with van der Waals surface area (Å²) in [5.41, 5.74) is 0.623. The van der Waals surface area contributed by atoms with Gasteiger partial charge in [0.2, 0.25) is 5.91 Å². The van der Waals surface area contributed by atoms with E-state index < -0.39 is 11.9 Å². The Morgan fingerprint density at radius 1 is 1.37 bits per heavy atom. The number of rotatable bonds is 6. The molecule has 0 bridgehead atoms. The van der Waals surface area contributed by atoms with E-state index in [0.717, 1.165) is 6.42 Å². The predicted octanol–water partition coefficient (Wildman–Crippen LogP) is 3.44. The van der Waals surface area contributed by atoms with E-state index in [9.17, 15) is 9.18 Å². The van der Waals surface area contributed by atoms with Crippen LogP contribution in [0.25, 0.3) is 0 Å². The quantitative estimate of drug-likeness (QED) is 0.841. The van der Waals surface area contributed by atoms with Gasteiger partial charge in [-0.2, -0.15) is 0 Å². The predicted molar refractivity (Wildman–Crippen MR) is 77.0 cm³/mol. The first-order valence-electron chi connectivity index (χ1n) is 6.39. The number of anilines is 1. The maximum atomic E-state index is 13.0. The number of amides is 1. The summed E-state index contributed by atoms with van der Waals surface area (Å²) < 4.78 is 13.0. The summed E-state index contributed by atoms with van der Waals surface area (Å²) in [6, 6.07) is 3.90. The third-order valence-corrected chi connectivity index (χ3v) is 3.01. The molecule has 2 N–H and O–H groups in total. The van der Waals surface area contributed by atoms with E-state index in [2.05, 4.69) is 24.5 Å². The second-order valence-corrected chi connectivity index (χ2v) is 5.38.